The Morgan fingerprint density at radius 2 is 1.94 bits per heavy atom. The van der Waals surface area contributed by atoms with Gasteiger partial charge in [0.25, 0.3) is 0 Å². The Morgan fingerprint density at radius 3 is 2.61 bits per heavy atom. The third-order valence-corrected chi connectivity index (χ3v) is 5.54. The van der Waals surface area contributed by atoms with Crippen LogP contribution in [0.15, 0.2) is 53.7 Å². The molecule has 0 saturated carbocycles. The second-order valence-corrected chi connectivity index (χ2v) is 7.66. The number of benzene rings is 1. The van der Waals surface area contributed by atoms with E-state index < -0.39 is 17.2 Å². The van der Waals surface area contributed by atoms with Crippen LogP contribution in [0, 0.1) is 0 Å². The predicted molar refractivity (Wildman–Crippen MR) is 115 cm³/mol. The standard InChI is InChI=1S/C23H29F3N4O/c1-2-27-21(29-13-9-20-8-3-4-12-28-20)30-17-22(10-14-31-15-11-22)18-6-5-7-19(16-18)23(24,25)26/h3-8,12,16H,2,9-11,13-15,17H2,1H3,(H2,27,29,30). The van der Waals surface area contributed by atoms with Gasteiger partial charge in [-0.3, -0.25) is 9.98 Å². The molecule has 0 bridgehead atoms. The quantitative estimate of drug-likeness (QED) is 0.512. The number of nitrogens with zero attached hydrogens (tertiary/aromatic N) is 2. The first-order chi connectivity index (χ1) is 14.9. The zero-order valence-electron chi connectivity index (χ0n) is 17.7. The van der Waals surface area contributed by atoms with E-state index in [1.54, 1.807) is 12.3 Å². The minimum atomic E-state index is -4.37. The van der Waals surface area contributed by atoms with Gasteiger partial charge in [0, 0.05) is 50.0 Å². The van der Waals surface area contributed by atoms with Crippen molar-refractivity contribution in [1.29, 1.82) is 0 Å². The van der Waals surface area contributed by atoms with Crippen LogP contribution in [-0.2, 0) is 22.7 Å². The van der Waals surface area contributed by atoms with Crippen molar-refractivity contribution in [3.63, 3.8) is 0 Å². The van der Waals surface area contributed by atoms with Crippen molar-refractivity contribution in [2.45, 2.75) is 37.8 Å². The molecule has 1 aromatic heterocycles. The molecule has 0 aliphatic carbocycles. The number of nitrogens with one attached hydrogen (secondary N) is 2. The van der Waals surface area contributed by atoms with E-state index in [1.165, 1.54) is 12.1 Å². The maximum Gasteiger partial charge on any atom is 0.416 e. The van der Waals surface area contributed by atoms with Crippen LogP contribution in [0.3, 0.4) is 0 Å². The molecule has 1 aliphatic heterocycles. The molecular weight excluding hydrogens is 405 g/mol. The van der Waals surface area contributed by atoms with Gasteiger partial charge in [0.05, 0.1) is 12.1 Å². The Morgan fingerprint density at radius 1 is 1.13 bits per heavy atom. The average Bonchev–Trinajstić information content (AvgIpc) is 2.78. The van der Waals surface area contributed by atoms with Crippen molar-refractivity contribution in [3.05, 3.63) is 65.5 Å². The van der Waals surface area contributed by atoms with Gasteiger partial charge >= 0.3 is 6.18 Å². The second kappa shape index (κ2) is 10.6. The number of alkyl halides is 3. The highest BCUT2D eigenvalue weighted by molar-refractivity contribution is 5.79. The number of ether oxygens (including phenoxy) is 1. The SMILES string of the molecule is CCNC(=NCC1(c2cccc(C(F)(F)F)c2)CCOCC1)NCCc1ccccn1. The Hall–Kier alpha value is -2.61. The monoisotopic (exact) mass is 434 g/mol. The lowest BCUT2D eigenvalue weighted by Gasteiger charge is -2.37. The van der Waals surface area contributed by atoms with Gasteiger partial charge in [0.1, 0.15) is 0 Å². The highest BCUT2D eigenvalue weighted by atomic mass is 19.4. The van der Waals surface area contributed by atoms with E-state index in [2.05, 4.69) is 15.6 Å². The van der Waals surface area contributed by atoms with Gasteiger partial charge in [-0.25, -0.2) is 0 Å². The molecule has 0 atom stereocenters. The van der Waals surface area contributed by atoms with Crippen LogP contribution in [-0.4, -0.2) is 43.8 Å². The van der Waals surface area contributed by atoms with Gasteiger partial charge in [0.2, 0.25) is 0 Å². The summed E-state index contributed by atoms with van der Waals surface area (Å²) in [6.07, 6.45) is -0.597. The van der Waals surface area contributed by atoms with E-state index in [9.17, 15) is 13.2 Å². The molecule has 0 amide bonds. The molecule has 1 aromatic carbocycles. The third-order valence-electron chi connectivity index (χ3n) is 5.54. The first-order valence-corrected chi connectivity index (χ1v) is 10.6. The highest BCUT2D eigenvalue weighted by Crippen LogP contribution is 2.38. The normalized spacial score (nSPS) is 16.7. The van der Waals surface area contributed by atoms with Gasteiger partial charge in [-0.05, 0) is 43.5 Å². The van der Waals surface area contributed by atoms with Crippen LogP contribution < -0.4 is 10.6 Å². The zero-order chi connectivity index (χ0) is 22.2. The molecule has 1 fully saturated rings. The number of aromatic nitrogens is 1. The highest BCUT2D eigenvalue weighted by Gasteiger charge is 2.37. The number of hydrogen-bond donors (Lipinski definition) is 2. The molecule has 1 aliphatic rings. The molecule has 2 aromatic rings. The molecule has 8 heteroatoms. The Kier molecular flexibility index (Phi) is 7.90. The van der Waals surface area contributed by atoms with Crippen molar-refractivity contribution in [1.82, 2.24) is 15.6 Å². The van der Waals surface area contributed by atoms with E-state index in [4.69, 9.17) is 9.73 Å². The summed E-state index contributed by atoms with van der Waals surface area (Å²) in [5.74, 6) is 0.649. The summed E-state index contributed by atoms with van der Waals surface area (Å²) in [5, 5.41) is 6.52. The van der Waals surface area contributed by atoms with Gasteiger partial charge in [0.15, 0.2) is 5.96 Å². The van der Waals surface area contributed by atoms with Crippen molar-refractivity contribution < 1.29 is 17.9 Å². The number of halogens is 3. The Bertz CT molecular complexity index is 849. The third kappa shape index (κ3) is 6.43. The maximum absolute atomic E-state index is 13.3. The summed E-state index contributed by atoms with van der Waals surface area (Å²) in [4.78, 5) is 9.06. The molecule has 31 heavy (non-hydrogen) atoms. The van der Waals surface area contributed by atoms with Crippen LogP contribution in [0.5, 0.6) is 0 Å². The first-order valence-electron chi connectivity index (χ1n) is 10.6. The molecular formula is C23H29F3N4O. The van der Waals surface area contributed by atoms with Crippen molar-refractivity contribution in [3.8, 4) is 0 Å². The molecule has 0 spiro atoms. The Labute approximate surface area is 181 Å². The van der Waals surface area contributed by atoms with Crippen LogP contribution in [0.25, 0.3) is 0 Å². The van der Waals surface area contributed by atoms with Crippen LogP contribution in [0.4, 0.5) is 13.2 Å². The lowest BCUT2D eigenvalue weighted by atomic mass is 9.74. The fourth-order valence-corrected chi connectivity index (χ4v) is 3.75. The smallest absolute Gasteiger partial charge is 0.381 e. The van der Waals surface area contributed by atoms with E-state index in [-0.39, 0.29) is 0 Å². The summed E-state index contributed by atoms with van der Waals surface area (Å²) >= 11 is 0. The minimum absolute atomic E-state index is 0.386. The molecule has 0 radical (unpaired) electrons. The van der Waals surface area contributed by atoms with E-state index in [0.717, 1.165) is 18.2 Å². The van der Waals surface area contributed by atoms with Crippen LogP contribution >= 0.6 is 0 Å². The second-order valence-electron chi connectivity index (χ2n) is 7.66. The van der Waals surface area contributed by atoms with Crippen molar-refractivity contribution >= 4 is 5.96 Å². The lowest BCUT2D eigenvalue weighted by molar-refractivity contribution is -0.137. The summed E-state index contributed by atoms with van der Waals surface area (Å²) < 4.78 is 45.3. The molecule has 3 rings (SSSR count). The summed E-state index contributed by atoms with van der Waals surface area (Å²) in [6, 6.07) is 11.4. The fraction of sp³-hybridized carbons (Fsp3) is 0.478. The lowest BCUT2D eigenvalue weighted by Crippen LogP contribution is -2.42. The fourth-order valence-electron chi connectivity index (χ4n) is 3.75. The predicted octanol–water partition coefficient (Wildman–Crippen LogP) is 3.95. The van der Waals surface area contributed by atoms with Gasteiger partial charge < -0.3 is 15.4 Å². The van der Waals surface area contributed by atoms with Crippen molar-refractivity contribution in [2.75, 3.05) is 32.8 Å². The summed E-state index contributed by atoms with van der Waals surface area (Å²) in [6.45, 7) is 4.73. The number of rotatable bonds is 7. The zero-order valence-corrected chi connectivity index (χ0v) is 17.7. The molecule has 2 N–H and O–H groups in total. The number of aliphatic imine (C=N–C) groups is 1. The van der Waals surface area contributed by atoms with Crippen LogP contribution in [0.2, 0.25) is 0 Å². The number of pyridine rings is 1. The number of guanidine groups is 1. The van der Waals surface area contributed by atoms with Gasteiger partial charge in [-0.15, -0.1) is 0 Å². The molecule has 2 heterocycles. The topological polar surface area (TPSA) is 58.5 Å². The molecule has 168 valence electrons. The Balaban J connectivity index is 1.76. The summed E-state index contributed by atoms with van der Waals surface area (Å²) in [5.41, 5.74) is 0.540. The largest absolute Gasteiger partial charge is 0.416 e. The molecule has 0 unspecified atom stereocenters. The number of hydrogen-bond acceptors (Lipinski definition) is 3. The van der Waals surface area contributed by atoms with Gasteiger partial charge in [-0.1, -0.05) is 24.3 Å². The van der Waals surface area contributed by atoms with Gasteiger partial charge in [-0.2, -0.15) is 13.2 Å². The van der Waals surface area contributed by atoms with E-state index in [1.807, 2.05) is 25.1 Å². The van der Waals surface area contributed by atoms with E-state index >= 15 is 0 Å². The average molecular weight is 435 g/mol. The summed E-state index contributed by atoms with van der Waals surface area (Å²) in [7, 11) is 0. The minimum Gasteiger partial charge on any atom is -0.381 e. The maximum atomic E-state index is 13.3. The van der Waals surface area contributed by atoms with Crippen LogP contribution in [0.1, 0.15) is 36.6 Å². The molecule has 1 saturated heterocycles. The van der Waals surface area contributed by atoms with E-state index in [0.29, 0.717) is 57.2 Å². The molecule has 5 nitrogen and oxygen atoms in total. The first kappa shape index (κ1) is 23.1. The van der Waals surface area contributed by atoms with Crippen molar-refractivity contribution in [2.24, 2.45) is 4.99 Å².